The Hall–Kier alpha value is -0.860. The number of hydrogen-bond acceptors (Lipinski definition) is 2. The zero-order chi connectivity index (χ0) is 13.0. The van der Waals surface area contributed by atoms with Crippen molar-refractivity contribution in [1.29, 1.82) is 0 Å². The fraction of sp³-hybridized carbons (Fsp3) is 0.625. The number of aryl methyl sites for hydroxylation is 1. The Morgan fingerprint density at radius 3 is 2.61 bits per heavy atom. The van der Waals surface area contributed by atoms with Crippen LogP contribution in [0.1, 0.15) is 43.4 Å². The van der Waals surface area contributed by atoms with Crippen LogP contribution in [0.2, 0.25) is 0 Å². The summed E-state index contributed by atoms with van der Waals surface area (Å²) in [6.07, 6.45) is 3.89. The van der Waals surface area contributed by atoms with Gasteiger partial charge in [0.1, 0.15) is 0 Å². The lowest BCUT2D eigenvalue weighted by Gasteiger charge is -2.22. The second kappa shape index (κ2) is 6.35. The summed E-state index contributed by atoms with van der Waals surface area (Å²) in [6, 6.07) is 10.0. The van der Waals surface area contributed by atoms with Gasteiger partial charge in [-0.15, -0.1) is 0 Å². The van der Waals surface area contributed by atoms with E-state index in [1.54, 1.807) is 0 Å². The lowest BCUT2D eigenvalue weighted by Crippen LogP contribution is -2.32. The van der Waals surface area contributed by atoms with Crippen LogP contribution in [0.25, 0.3) is 0 Å². The maximum atomic E-state index is 3.79. The minimum absolute atomic E-state index is 0.457. The standard InChI is InChI=1S/C16H26N2/c1-13-6-8-15(9-7-13)14(2)17-16-5-4-11-18(3)12-10-16/h6-9,14,16-17H,4-5,10-12H2,1-3H3/t14-,16?/m0/s1. The van der Waals surface area contributed by atoms with Crippen molar-refractivity contribution in [3.8, 4) is 0 Å². The minimum atomic E-state index is 0.457. The van der Waals surface area contributed by atoms with Crippen LogP contribution in [0.15, 0.2) is 24.3 Å². The third-order valence-corrected chi connectivity index (χ3v) is 4.01. The van der Waals surface area contributed by atoms with Crippen molar-refractivity contribution in [3.05, 3.63) is 35.4 Å². The molecule has 18 heavy (non-hydrogen) atoms. The first-order valence-electron chi connectivity index (χ1n) is 7.16. The van der Waals surface area contributed by atoms with Gasteiger partial charge in [0.05, 0.1) is 0 Å². The van der Waals surface area contributed by atoms with E-state index in [1.807, 2.05) is 0 Å². The molecule has 2 nitrogen and oxygen atoms in total. The van der Waals surface area contributed by atoms with Crippen molar-refractivity contribution >= 4 is 0 Å². The molecule has 0 aliphatic carbocycles. The second-order valence-electron chi connectivity index (χ2n) is 5.73. The summed E-state index contributed by atoms with van der Waals surface area (Å²) in [5.41, 5.74) is 2.74. The van der Waals surface area contributed by atoms with Crippen LogP contribution in [0.4, 0.5) is 0 Å². The number of nitrogens with zero attached hydrogens (tertiary/aromatic N) is 1. The van der Waals surface area contributed by atoms with Crippen LogP contribution in [0.3, 0.4) is 0 Å². The van der Waals surface area contributed by atoms with Gasteiger partial charge in [0.15, 0.2) is 0 Å². The van der Waals surface area contributed by atoms with E-state index < -0.39 is 0 Å². The fourth-order valence-corrected chi connectivity index (χ4v) is 2.71. The number of likely N-dealkylation sites (tertiary alicyclic amines) is 1. The molecule has 1 heterocycles. The fourth-order valence-electron chi connectivity index (χ4n) is 2.71. The van der Waals surface area contributed by atoms with Gasteiger partial charge in [-0.25, -0.2) is 0 Å². The third-order valence-electron chi connectivity index (χ3n) is 4.01. The van der Waals surface area contributed by atoms with Gasteiger partial charge >= 0.3 is 0 Å². The predicted molar refractivity (Wildman–Crippen MR) is 77.9 cm³/mol. The van der Waals surface area contributed by atoms with Crippen LogP contribution < -0.4 is 5.32 Å². The molecule has 0 spiro atoms. The SMILES string of the molecule is Cc1ccc([C@H](C)NC2CCCN(C)CC2)cc1. The van der Waals surface area contributed by atoms with Gasteiger partial charge in [-0.3, -0.25) is 0 Å². The number of benzene rings is 1. The van der Waals surface area contributed by atoms with Crippen LogP contribution in [0, 0.1) is 6.92 Å². The number of rotatable bonds is 3. The molecule has 1 aliphatic heterocycles. The van der Waals surface area contributed by atoms with Crippen molar-refractivity contribution in [2.24, 2.45) is 0 Å². The molecule has 2 rings (SSSR count). The first-order chi connectivity index (χ1) is 8.65. The molecule has 100 valence electrons. The largest absolute Gasteiger partial charge is 0.307 e. The Labute approximate surface area is 111 Å². The number of hydrogen-bond donors (Lipinski definition) is 1. The van der Waals surface area contributed by atoms with Gasteiger partial charge < -0.3 is 10.2 Å². The summed E-state index contributed by atoms with van der Waals surface area (Å²) in [5, 5.41) is 3.79. The van der Waals surface area contributed by atoms with Gasteiger partial charge in [-0.1, -0.05) is 29.8 Å². The third kappa shape index (κ3) is 3.82. The van der Waals surface area contributed by atoms with Crippen molar-refractivity contribution in [1.82, 2.24) is 10.2 Å². The van der Waals surface area contributed by atoms with E-state index in [1.165, 1.54) is 43.5 Å². The van der Waals surface area contributed by atoms with Crippen LogP contribution in [0.5, 0.6) is 0 Å². The molecular weight excluding hydrogens is 220 g/mol. The van der Waals surface area contributed by atoms with Crippen molar-refractivity contribution in [2.75, 3.05) is 20.1 Å². The summed E-state index contributed by atoms with van der Waals surface area (Å²) in [6.45, 7) is 6.89. The van der Waals surface area contributed by atoms with Gasteiger partial charge in [0.25, 0.3) is 0 Å². The molecule has 1 aliphatic rings. The molecule has 2 heteroatoms. The summed E-state index contributed by atoms with van der Waals surface area (Å²) in [7, 11) is 2.23. The smallest absolute Gasteiger partial charge is 0.0294 e. The second-order valence-corrected chi connectivity index (χ2v) is 5.73. The highest BCUT2D eigenvalue weighted by atomic mass is 15.1. The average molecular weight is 246 g/mol. The van der Waals surface area contributed by atoms with E-state index in [0.717, 1.165) is 0 Å². The van der Waals surface area contributed by atoms with Crippen molar-refractivity contribution < 1.29 is 0 Å². The zero-order valence-corrected chi connectivity index (χ0v) is 11.9. The van der Waals surface area contributed by atoms with Gasteiger partial charge in [-0.2, -0.15) is 0 Å². The molecule has 0 aromatic heterocycles. The molecule has 1 saturated heterocycles. The zero-order valence-electron chi connectivity index (χ0n) is 11.9. The Kier molecular flexibility index (Phi) is 4.79. The number of nitrogens with one attached hydrogen (secondary N) is 1. The summed E-state index contributed by atoms with van der Waals surface area (Å²) >= 11 is 0. The quantitative estimate of drug-likeness (QED) is 0.881. The average Bonchev–Trinajstić information content (AvgIpc) is 2.55. The molecule has 1 aromatic rings. The highest BCUT2D eigenvalue weighted by molar-refractivity contribution is 5.23. The molecule has 1 N–H and O–H groups in total. The molecule has 1 aromatic carbocycles. The van der Waals surface area contributed by atoms with Crippen LogP contribution >= 0.6 is 0 Å². The van der Waals surface area contributed by atoms with E-state index in [2.05, 4.69) is 55.4 Å². The van der Waals surface area contributed by atoms with E-state index >= 15 is 0 Å². The Morgan fingerprint density at radius 1 is 1.17 bits per heavy atom. The van der Waals surface area contributed by atoms with E-state index in [9.17, 15) is 0 Å². The van der Waals surface area contributed by atoms with E-state index in [-0.39, 0.29) is 0 Å². The van der Waals surface area contributed by atoms with Gasteiger partial charge in [0.2, 0.25) is 0 Å². The molecule has 0 amide bonds. The molecule has 1 fully saturated rings. The monoisotopic (exact) mass is 246 g/mol. The Bertz CT molecular complexity index is 358. The summed E-state index contributed by atoms with van der Waals surface area (Å²) in [5.74, 6) is 0. The lowest BCUT2D eigenvalue weighted by molar-refractivity contribution is 0.340. The van der Waals surface area contributed by atoms with Gasteiger partial charge in [0, 0.05) is 12.1 Å². The topological polar surface area (TPSA) is 15.3 Å². The first kappa shape index (κ1) is 13.6. The summed E-state index contributed by atoms with van der Waals surface area (Å²) in [4.78, 5) is 2.44. The van der Waals surface area contributed by atoms with E-state index in [0.29, 0.717) is 12.1 Å². The van der Waals surface area contributed by atoms with Crippen molar-refractivity contribution in [2.45, 2.75) is 45.2 Å². The normalized spacial score (nSPS) is 23.6. The van der Waals surface area contributed by atoms with Crippen LogP contribution in [-0.2, 0) is 0 Å². The Balaban J connectivity index is 1.90. The molecule has 2 atom stereocenters. The highest BCUT2D eigenvalue weighted by Crippen LogP contribution is 2.17. The summed E-state index contributed by atoms with van der Waals surface area (Å²) < 4.78 is 0. The molecule has 1 unspecified atom stereocenters. The molecular formula is C16H26N2. The maximum absolute atomic E-state index is 3.79. The first-order valence-corrected chi connectivity index (χ1v) is 7.16. The minimum Gasteiger partial charge on any atom is -0.307 e. The molecule has 0 radical (unpaired) electrons. The molecule has 0 saturated carbocycles. The Morgan fingerprint density at radius 2 is 1.89 bits per heavy atom. The maximum Gasteiger partial charge on any atom is 0.0294 e. The lowest BCUT2D eigenvalue weighted by atomic mass is 10.0. The van der Waals surface area contributed by atoms with Gasteiger partial charge in [-0.05, 0) is 58.8 Å². The van der Waals surface area contributed by atoms with Crippen LogP contribution in [-0.4, -0.2) is 31.1 Å². The highest BCUT2D eigenvalue weighted by Gasteiger charge is 2.17. The van der Waals surface area contributed by atoms with Crippen molar-refractivity contribution in [3.63, 3.8) is 0 Å². The molecule has 0 bridgehead atoms. The van der Waals surface area contributed by atoms with E-state index in [4.69, 9.17) is 0 Å². The predicted octanol–water partition coefficient (Wildman–Crippen LogP) is 3.13.